The number of hydrogen-bond acceptors (Lipinski definition) is 5. The third-order valence-electron chi connectivity index (χ3n) is 2.92. The van der Waals surface area contributed by atoms with E-state index in [4.69, 9.17) is 10.2 Å². The number of oxazole rings is 1. The van der Waals surface area contributed by atoms with Gasteiger partial charge < -0.3 is 10.2 Å². The molecule has 108 valence electrons. The van der Waals surface area contributed by atoms with Gasteiger partial charge in [0.1, 0.15) is 5.52 Å². The van der Waals surface area contributed by atoms with Gasteiger partial charge in [0.2, 0.25) is 0 Å². The number of hydrogen-bond donors (Lipinski definition) is 1. The van der Waals surface area contributed by atoms with Gasteiger partial charge in [-0.3, -0.25) is 0 Å². The number of nitrogens with zero attached hydrogens (tertiary/aromatic N) is 1. The van der Waals surface area contributed by atoms with Crippen LogP contribution in [0.3, 0.4) is 0 Å². The van der Waals surface area contributed by atoms with Crippen LogP contribution in [0.1, 0.15) is 0 Å². The van der Waals surface area contributed by atoms with Crippen LogP contribution in [0.25, 0.3) is 11.1 Å². The van der Waals surface area contributed by atoms with Crippen molar-refractivity contribution in [1.29, 1.82) is 0 Å². The van der Waals surface area contributed by atoms with Gasteiger partial charge in [-0.05, 0) is 42.5 Å². The summed E-state index contributed by atoms with van der Waals surface area (Å²) in [6, 6.07) is 10.3. The molecule has 0 spiro atoms. The molecule has 0 amide bonds. The number of aromatic nitrogens is 1. The van der Waals surface area contributed by atoms with Crippen molar-refractivity contribution in [3.05, 3.63) is 57.5 Å². The molecule has 0 aliphatic heterocycles. The Bertz CT molecular complexity index is 987. The Morgan fingerprint density at radius 2 is 1.76 bits per heavy atom. The first-order valence-corrected chi connectivity index (χ1v) is 8.05. The predicted octanol–water partition coefficient (Wildman–Crippen LogP) is 2.18. The molecule has 0 radical (unpaired) electrons. The number of nitrogens with two attached hydrogens (primary N) is 1. The number of benzene rings is 2. The summed E-state index contributed by atoms with van der Waals surface area (Å²) in [7, 11) is -4.04. The Balaban J connectivity index is 2.31. The van der Waals surface area contributed by atoms with E-state index in [1.807, 2.05) is 0 Å². The molecule has 8 heteroatoms. The Morgan fingerprint density at radius 3 is 2.43 bits per heavy atom. The molecular formula is C13H9BrN2O4S. The van der Waals surface area contributed by atoms with Gasteiger partial charge in [0.15, 0.2) is 5.58 Å². The zero-order valence-electron chi connectivity index (χ0n) is 10.5. The standard InChI is InChI=1S/C13H9BrN2O4S/c14-8-1-6-11-12(7-8)20-13(17)16(11)21(18,19)10-4-2-9(15)3-5-10/h1-7H,15H2. The summed E-state index contributed by atoms with van der Waals surface area (Å²) < 4.78 is 31.5. The highest BCUT2D eigenvalue weighted by Crippen LogP contribution is 2.23. The molecule has 3 aromatic rings. The van der Waals surface area contributed by atoms with Crippen molar-refractivity contribution in [3.8, 4) is 0 Å². The average Bonchev–Trinajstić information content (AvgIpc) is 2.74. The lowest BCUT2D eigenvalue weighted by Gasteiger charge is -2.05. The molecule has 6 nitrogen and oxygen atoms in total. The van der Waals surface area contributed by atoms with Crippen LogP contribution in [-0.2, 0) is 10.0 Å². The number of fused-ring (bicyclic) bond motifs is 1. The van der Waals surface area contributed by atoms with Crippen molar-refractivity contribution in [2.45, 2.75) is 4.90 Å². The highest BCUT2D eigenvalue weighted by Gasteiger charge is 2.24. The molecule has 0 fully saturated rings. The molecule has 0 aliphatic rings. The first-order chi connectivity index (χ1) is 9.89. The van der Waals surface area contributed by atoms with Gasteiger partial charge in [-0.15, -0.1) is 0 Å². The summed E-state index contributed by atoms with van der Waals surface area (Å²) in [5, 5.41) is 0. The maximum atomic E-state index is 12.6. The number of halogens is 1. The number of anilines is 1. The Hall–Kier alpha value is -2.06. The molecule has 0 saturated heterocycles. The van der Waals surface area contributed by atoms with E-state index in [0.29, 0.717) is 14.1 Å². The van der Waals surface area contributed by atoms with Crippen LogP contribution in [0, 0.1) is 0 Å². The van der Waals surface area contributed by atoms with E-state index in [1.165, 1.54) is 36.4 Å². The number of nitrogen functional groups attached to an aromatic ring is 1. The lowest BCUT2D eigenvalue weighted by molar-refractivity contribution is 0.534. The van der Waals surface area contributed by atoms with E-state index in [1.54, 1.807) is 6.07 Å². The minimum absolute atomic E-state index is 0.0376. The summed E-state index contributed by atoms with van der Waals surface area (Å²) in [4.78, 5) is 11.9. The Kier molecular flexibility index (Phi) is 3.14. The summed E-state index contributed by atoms with van der Waals surface area (Å²) in [6.45, 7) is 0. The first kappa shape index (κ1) is 13.9. The fourth-order valence-electron chi connectivity index (χ4n) is 1.94. The van der Waals surface area contributed by atoms with Gasteiger partial charge in [0.25, 0.3) is 10.0 Å². The highest BCUT2D eigenvalue weighted by molar-refractivity contribution is 9.10. The predicted molar refractivity (Wildman–Crippen MR) is 81.6 cm³/mol. The van der Waals surface area contributed by atoms with Gasteiger partial charge >= 0.3 is 5.76 Å². The quantitative estimate of drug-likeness (QED) is 0.699. The van der Waals surface area contributed by atoms with Crippen molar-refractivity contribution >= 4 is 42.7 Å². The van der Waals surface area contributed by atoms with E-state index in [-0.39, 0.29) is 16.0 Å². The third kappa shape index (κ3) is 2.26. The van der Waals surface area contributed by atoms with Crippen molar-refractivity contribution in [3.63, 3.8) is 0 Å². The molecule has 0 aliphatic carbocycles. The normalized spacial score (nSPS) is 11.9. The molecule has 1 heterocycles. The maximum Gasteiger partial charge on any atom is 0.434 e. The molecule has 1 aromatic heterocycles. The fourth-order valence-corrected chi connectivity index (χ4v) is 3.62. The van der Waals surface area contributed by atoms with Crippen LogP contribution in [0.15, 0.2) is 61.0 Å². The molecule has 0 saturated carbocycles. The molecule has 3 rings (SSSR count). The molecule has 21 heavy (non-hydrogen) atoms. The Labute approximate surface area is 128 Å². The monoisotopic (exact) mass is 368 g/mol. The number of rotatable bonds is 2. The van der Waals surface area contributed by atoms with Crippen molar-refractivity contribution in [2.24, 2.45) is 0 Å². The second-order valence-corrected chi connectivity index (χ2v) is 7.02. The fraction of sp³-hybridized carbons (Fsp3) is 0. The topological polar surface area (TPSA) is 95.3 Å². The second kappa shape index (κ2) is 4.74. The first-order valence-electron chi connectivity index (χ1n) is 5.82. The van der Waals surface area contributed by atoms with Crippen LogP contribution in [-0.4, -0.2) is 12.4 Å². The summed E-state index contributed by atoms with van der Waals surface area (Å²) in [5.41, 5.74) is 6.34. The lowest BCUT2D eigenvalue weighted by Crippen LogP contribution is -2.23. The van der Waals surface area contributed by atoms with E-state index >= 15 is 0 Å². The van der Waals surface area contributed by atoms with Crippen LogP contribution >= 0.6 is 15.9 Å². The largest absolute Gasteiger partial charge is 0.434 e. The Morgan fingerprint density at radius 1 is 1.10 bits per heavy atom. The zero-order chi connectivity index (χ0) is 15.2. The average molecular weight is 369 g/mol. The van der Waals surface area contributed by atoms with Crippen LogP contribution < -0.4 is 11.5 Å². The van der Waals surface area contributed by atoms with E-state index in [9.17, 15) is 13.2 Å². The molecule has 0 atom stereocenters. The van der Waals surface area contributed by atoms with Gasteiger partial charge in [-0.1, -0.05) is 15.9 Å². The zero-order valence-corrected chi connectivity index (χ0v) is 12.9. The van der Waals surface area contributed by atoms with Crippen LogP contribution in [0.4, 0.5) is 5.69 Å². The van der Waals surface area contributed by atoms with Crippen molar-refractivity contribution < 1.29 is 12.8 Å². The molecule has 2 aromatic carbocycles. The van der Waals surface area contributed by atoms with E-state index in [0.717, 1.165) is 0 Å². The molecule has 2 N–H and O–H groups in total. The van der Waals surface area contributed by atoms with Gasteiger partial charge in [0, 0.05) is 10.2 Å². The van der Waals surface area contributed by atoms with Crippen molar-refractivity contribution in [1.82, 2.24) is 3.97 Å². The second-order valence-electron chi connectivity index (χ2n) is 4.32. The highest BCUT2D eigenvalue weighted by atomic mass is 79.9. The van der Waals surface area contributed by atoms with Crippen molar-refractivity contribution in [2.75, 3.05) is 5.73 Å². The third-order valence-corrected chi connectivity index (χ3v) is 5.11. The molecular weight excluding hydrogens is 360 g/mol. The summed E-state index contributed by atoms with van der Waals surface area (Å²) in [5.74, 6) is -0.958. The van der Waals surface area contributed by atoms with E-state index < -0.39 is 15.8 Å². The lowest BCUT2D eigenvalue weighted by atomic mass is 10.3. The van der Waals surface area contributed by atoms with Gasteiger partial charge in [0.05, 0.1) is 4.90 Å². The van der Waals surface area contributed by atoms with Crippen LogP contribution in [0.5, 0.6) is 0 Å². The maximum absolute atomic E-state index is 12.6. The van der Waals surface area contributed by atoms with E-state index in [2.05, 4.69) is 15.9 Å². The minimum atomic E-state index is -4.04. The van der Waals surface area contributed by atoms with Crippen LogP contribution in [0.2, 0.25) is 0 Å². The summed E-state index contributed by atoms with van der Waals surface area (Å²) in [6.07, 6.45) is 0. The van der Waals surface area contributed by atoms with Gasteiger partial charge in [-0.25, -0.2) is 13.2 Å². The minimum Gasteiger partial charge on any atom is -0.407 e. The molecule has 0 bridgehead atoms. The summed E-state index contributed by atoms with van der Waals surface area (Å²) >= 11 is 3.23. The van der Waals surface area contributed by atoms with Gasteiger partial charge in [-0.2, -0.15) is 3.97 Å². The SMILES string of the molecule is Nc1ccc(S(=O)(=O)n2c(=O)oc3cc(Br)ccc32)cc1. The smallest absolute Gasteiger partial charge is 0.407 e. The molecule has 0 unspecified atom stereocenters.